The summed E-state index contributed by atoms with van der Waals surface area (Å²) in [5.74, 6) is 1.42. The van der Waals surface area contributed by atoms with Gasteiger partial charge in [0.2, 0.25) is 0 Å². The number of hydrogen-bond donors (Lipinski definition) is 0. The van der Waals surface area contributed by atoms with Crippen LogP contribution < -0.4 is 0 Å². The number of aromatic nitrogens is 1. The minimum atomic E-state index is 0.0448. The number of hydrogen-bond acceptors (Lipinski definition) is 3. The maximum Gasteiger partial charge on any atom is 0.276 e. The lowest BCUT2D eigenvalue weighted by molar-refractivity contribution is 0.0591. The van der Waals surface area contributed by atoms with E-state index in [-0.39, 0.29) is 5.91 Å². The van der Waals surface area contributed by atoms with Crippen LogP contribution in [0.4, 0.5) is 0 Å². The molecule has 2 aromatic rings. The standard InChI is InChI=1S/C20H24N2O2/c23-20(18-14-19(24-21-18)16-10-11-16)22-13-5-4-8-17(22)12-9-15-6-2-1-3-7-15/h1-3,6-7,14,16-17H,4-5,8-13H2. The molecule has 1 atom stereocenters. The van der Waals surface area contributed by atoms with Crippen molar-refractivity contribution in [2.24, 2.45) is 0 Å². The summed E-state index contributed by atoms with van der Waals surface area (Å²) in [6, 6.07) is 12.7. The quantitative estimate of drug-likeness (QED) is 0.829. The lowest BCUT2D eigenvalue weighted by Gasteiger charge is -2.35. The molecule has 4 nitrogen and oxygen atoms in total. The first kappa shape index (κ1) is 15.4. The van der Waals surface area contributed by atoms with Crippen LogP contribution in [0.15, 0.2) is 40.9 Å². The van der Waals surface area contributed by atoms with Gasteiger partial charge in [0, 0.05) is 24.6 Å². The largest absolute Gasteiger partial charge is 0.360 e. The van der Waals surface area contributed by atoms with Gasteiger partial charge in [-0.05, 0) is 50.5 Å². The molecule has 1 aromatic carbocycles. The third-order valence-corrected chi connectivity index (χ3v) is 5.22. The van der Waals surface area contributed by atoms with Crippen molar-refractivity contribution in [2.75, 3.05) is 6.54 Å². The van der Waals surface area contributed by atoms with Crippen molar-refractivity contribution >= 4 is 5.91 Å². The molecule has 1 aromatic heterocycles. The molecule has 2 heterocycles. The number of likely N-dealkylation sites (tertiary alicyclic amines) is 1. The van der Waals surface area contributed by atoms with E-state index in [9.17, 15) is 4.79 Å². The van der Waals surface area contributed by atoms with Gasteiger partial charge in [0.05, 0.1) is 0 Å². The summed E-state index contributed by atoms with van der Waals surface area (Å²) in [6.45, 7) is 0.837. The highest BCUT2D eigenvalue weighted by atomic mass is 16.5. The number of nitrogens with zero attached hydrogens (tertiary/aromatic N) is 2. The van der Waals surface area contributed by atoms with Gasteiger partial charge in [0.15, 0.2) is 5.69 Å². The molecule has 1 saturated heterocycles. The first-order valence-corrected chi connectivity index (χ1v) is 9.13. The van der Waals surface area contributed by atoms with E-state index in [1.807, 2.05) is 17.0 Å². The van der Waals surface area contributed by atoms with Gasteiger partial charge in [-0.3, -0.25) is 4.79 Å². The SMILES string of the molecule is O=C(c1cc(C2CC2)on1)N1CCCCC1CCc1ccccc1. The summed E-state index contributed by atoms with van der Waals surface area (Å²) in [4.78, 5) is 14.9. The van der Waals surface area contributed by atoms with Crippen LogP contribution in [-0.4, -0.2) is 28.6 Å². The summed E-state index contributed by atoms with van der Waals surface area (Å²) in [6.07, 6.45) is 7.73. The highest BCUT2D eigenvalue weighted by Crippen LogP contribution is 2.40. The van der Waals surface area contributed by atoms with E-state index in [1.54, 1.807) is 0 Å². The van der Waals surface area contributed by atoms with Crippen LogP contribution in [0.25, 0.3) is 0 Å². The van der Waals surface area contributed by atoms with Crippen LogP contribution >= 0.6 is 0 Å². The van der Waals surface area contributed by atoms with Crippen LogP contribution in [0.5, 0.6) is 0 Å². The number of carbonyl (C=O) groups is 1. The molecule has 0 bridgehead atoms. The Kier molecular flexibility index (Phi) is 4.37. The second-order valence-corrected chi connectivity index (χ2v) is 7.06. The highest BCUT2D eigenvalue weighted by Gasteiger charge is 2.32. The average molecular weight is 324 g/mol. The number of piperidine rings is 1. The van der Waals surface area contributed by atoms with Crippen molar-refractivity contribution in [3.63, 3.8) is 0 Å². The predicted octanol–water partition coefficient (Wildman–Crippen LogP) is 4.18. The first-order valence-electron chi connectivity index (χ1n) is 9.13. The second-order valence-electron chi connectivity index (χ2n) is 7.06. The van der Waals surface area contributed by atoms with Gasteiger partial charge in [-0.15, -0.1) is 0 Å². The number of carbonyl (C=O) groups excluding carboxylic acids is 1. The molecule has 24 heavy (non-hydrogen) atoms. The molecule has 1 saturated carbocycles. The van der Waals surface area contributed by atoms with E-state index in [2.05, 4.69) is 29.4 Å². The van der Waals surface area contributed by atoms with E-state index >= 15 is 0 Å². The van der Waals surface area contributed by atoms with Crippen LogP contribution in [-0.2, 0) is 6.42 Å². The first-order chi connectivity index (χ1) is 11.8. The Bertz CT molecular complexity index is 691. The summed E-state index contributed by atoms with van der Waals surface area (Å²) < 4.78 is 5.37. The zero-order chi connectivity index (χ0) is 16.4. The number of benzene rings is 1. The van der Waals surface area contributed by atoms with Crippen LogP contribution in [0.1, 0.15) is 66.3 Å². The minimum absolute atomic E-state index is 0.0448. The van der Waals surface area contributed by atoms with Crippen molar-refractivity contribution in [3.05, 3.63) is 53.4 Å². The number of rotatable bonds is 5. The van der Waals surface area contributed by atoms with Gasteiger partial charge >= 0.3 is 0 Å². The topological polar surface area (TPSA) is 46.3 Å². The summed E-state index contributed by atoms with van der Waals surface area (Å²) in [5, 5.41) is 4.04. The number of amides is 1. The second kappa shape index (κ2) is 6.80. The third-order valence-electron chi connectivity index (χ3n) is 5.22. The van der Waals surface area contributed by atoms with Crippen LogP contribution in [0, 0.1) is 0 Å². The summed E-state index contributed by atoms with van der Waals surface area (Å²) >= 11 is 0. The van der Waals surface area contributed by atoms with Crippen molar-refractivity contribution in [1.82, 2.24) is 10.1 Å². The lowest BCUT2D eigenvalue weighted by atomic mass is 9.95. The molecule has 0 radical (unpaired) electrons. The maximum atomic E-state index is 12.9. The Morgan fingerprint density at radius 2 is 2.00 bits per heavy atom. The van der Waals surface area contributed by atoms with Crippen molar-refractivity contribution < 1.29 is 9.32 Å². The van der Waals surface area contributed by atoms with Gasteiger partial charge in [-0.1, -0.05) is 35.5 Å². The van der Waals surface area contributed by atoms with Gasteiger partial charge in [0.1, 0.15) is 5.76 Å². The third kappa shape index (κ3) is 3.37. The van der Waals surface area contributed by atoms with Crippen molar-refractivity contribution in [3.8, 4) is 0 Å². The molecular formula is C20H24N2O2. The molecule has 4 heteroatoms. The predicted molar refractivity (Wildman–Crippen MR) is 91.9 cm³/mol. The Balaban J connectivity index is 1.43. The lowest BCUT2D eigenvalue weighted by Crippen LogP contribution is -2.44. The molecule has 2 fully saturated rings. The molecule has 1 amide bonds. The highest BCUT2D eigenvalue weighted by molar-refractivity contribution is 5.92. The summed E-state index contributed by atoms with van der Waals surface area (Å²) in [5.41, 5.74) is 1.83. The van der Waals surface area contributed by atoms with Crippen LogP contribution in [0.3, 0.4) is 0 Å². The fraction of sp³-hybridized carbons (Fsp3) is 0.500. The molecule has 4 rings (SSSR count). The number of aryl methyl sites for hydroxylation is 1. The smallest absolute Gasteiger partial charge is 0.276 e. The molecule has 1 aliphatic carbocycles. The van der Waals surface area contributed by atoms with Gasteiger partial charge in [0.25, 0.3) is 5.91 Å². The zero-order valence-electron chi connectivity index (χ0n) is 14.0. The van der Waals surface area contributed by atoms with Crippen molar-refractivity contribution in [2.45, 2.75) is 56.9 Å². The molecule has 1 aliphatic heterocycles. The van der Waals surface area contributed by atoms with E-state index in [0.717, 1.165) is 50.8 Å². The molecule has 2 aliphatic rings. The fourth-order valence-electron chi connectivity index (χ4n) is 3.64. The van der Waals surface area contributed by atoms with E-state index in [4.69, 9.17) is 4.52 Å². The Labute approximate surface area is 142 Å². The minimum Gasteiger partial charge on any atom is -0.360 e. The Hall–Kier alpha value is -2.10. The van der Waals surface area contributed by atoms with Crippen LogP contribution in [0.2, 0.25) is 0 Å². The fourth-order valence-corrected chi connectivity index (χ4v) is 3.64. The van der Waals surface area contributed by atoms with E-state index in [1.165, 1.54) is 12.0 Å². The Morgan fingerprint density at radius 1 is 1.17 bits per heavy atom. The molecule has 126 valence electrons. The molecular weight excluding hydrogens is 300 g/mol. The van der Waals surface area contributed by atoms with Gasteiger partial charge in [-0.25, -0.2) is 0 Å². The van der Waals surface area contributed by atoms with E-state index < -0.39 is 0 Å². The molecule has 0 N–H and O–H groups in total. The van der Waals surface area contributed by atoms with Gasteiger partial charge in [-0.2, -0.15) is 0 Å². The van der Waals surface area contributed by atoms with Crippen molar-refractivity contribution in [1.29, 1.82) is 0 Å². The van der Waals surface area contributed by atoms with E-state index in [0.29, 0.717) is 17.7 Å². The zero-order valence-corrected chi connectivity index (χ0v) is 14.0. The summed E-state index contributed by atoms with van der Waals surface area (Å²) in [7, 11) is 0. The molecule has 1 unspecified atom stereocenters. The monoisotopic (exact) mass is 324 g/mol. The average Bonchev–Trinajstić information content (AvgIpc) is 3.37. The normalized spacial score (nSPS) is 21.0. The maximum absolute atomic E-state index is 12.9. The van der Waals surface area contributed by atoms with Gasteiger partial charge < -0.3 is 9.42 Å². The Morgan fingerprint density at radius 3 is 2.79 bits per heavy atom. The molecule has 0 spiro atoms.